The zero-order chi connectivity index (χ0) is 33.9. The third-order valence-electron chi connectivity index (χ3n) is 10.9. The fourth-order valence-corrected chi connectivity index (χ4v) is 9.98. The van der Waals surface area contributed by atoms with E-state index in [1.807, 2.05) is 11.3 Å². The number of aromatic nitrogens is 3. The average Bonchev–Trinajstić information content (AvgIpc) is 3.77. The predicted octanol–water partition coefficient (Wildman–Crippen LogP) is 13.4. The van der Waals surface area contributed by atoms with Crippen molar-refractivity contribution in [1.82, 2.24) is 14.5 Å². The lowest BCUT2D eigenvalue weighted by Crippen LogP contribution is -2.04. The van der Waals surface area contributed by atoms with Crippen LogP contribution in [0.5, 0.6) is 0 Å². The number of thiophene rings is 1. The SMILES string of the molecule is c1ccc2c(-c3nc4ccc5ccccc5c4nc3-n3c4ccccc4c4c5ccccc5c5c(sc6ccc7ccccc7c65)c43)cccc2c1. The molecule has 0 spiro atoms. The molecule has 12 aromatic rings. The first-order valence-corrected chi connectivity index (χ1v) is 18.5. The Labute approximate surface area is 301 Å². The Balaban J connectivity index is 1.36. The zero-order valence-corrected chi connectivity index (χ0v) is 28.7. The Bertz CT molecular complexity index is 3470. The maximum atomic E-state index is 5.73. The van der Waals surface area contributed by atoms with Crippen LogP contribution in [0, 0.1) is 0 Å². The Kier molecular flexibility index (Phi) is 5.65. The molecule has 12 rings (SSSR count). The highest BCUT2D eigenvalue weighted by Gasteiger charge is 2.26. The predicted molar refractivity (Wildman–Crippen MR) is 222 cm³/mol. The molecule has 0 saturated heterocycles. The summed E-state index contributed by atoms with van der Waals surface area (Å²) in [5, 5.41) is 14.7. The summed E-state index contributed by atoms with van der Waals surface area (Å²) in [6.45, 7) is 0. The van der Waals surface area contributed by atoms with Gasteiger partial charge in [-0.1, -0.05) is 146 Å². The molecule has 52 heavy (non-hydrogen) atoms. The summed E-state index contributed by atoms with van der Waals surface area (Å²) in [7, 11) is 0. The highest BCUT2D eigenvalue weighted by Crippen LogP contribution is 2.50. The molecule has 3 nitrogen and oxygen atoms in total. The van der Waals surface area contributed by atoms with Gasteiger partial charge in [0.15, 0.2) is 5.82 Å². The van der Waals surface area contributed by atoms with Crippen molar-refractivity contribution in [2.24, 2.45) is 0 Å². The Morgan fingerprint density at radius 1 is 0.423 bits per heavy atom. The second-order valence-electron chi connectivity index (χ2n) is 13.7. The molecule has 4 heteroatoms. The number of para-hydroxylation sites is 1. The number of benzene rings is 9. The van der Waals surface area contributed by atoms with Gasteiger partial charge < -0.3 is 0 Å². The van der Waals surface area contributed by atoms with Crippen LogP contribution in [0.3, 0.4) is 0 Å². The van der Waals surface area contributed by atoms with Gasteiger partial charge in [-0.3, -0.25) is 4.57 Å². The smallest absolute Gasteiger partial charge is 0.165 e. The van der Waals surface area contributed by atoms with Gasteiger partial charge in [0.05, 0.1) is 26.8 Å². The standard InChI is InChI=1S/C48H27N3S/c1-4-16-31-28(12-1)15-11-22-36(31)45-48(50-44-33-18-6-3-14-30(33)24-26-38(44)49-45)51-39-23-10-9-21-37(39)41-34-19-7-8-20-35(34)43-42-32-17-5-2-13-29(32)25-27-40(42)52-47(43)46(41)51/h1-27H. The van der Waals surface area contributed by atoms with Crippen LogP contribution in [0.25, 0.3) is 113 Å². The van der Waals surface area contributed by atoms with Crippen LogP contribution < -0.4 is 0 Å². The summed E-state index contributed by atoms with van der Waals surface area (Å²) >= 11 is 1.89. The fourth-order valence-electron chi connectivity index (χ4n) is 8.71. The molecule has 0 radical (unpaired) electrons. The van der Waals surface area contributed by atoms with Crippen molar-refractivity contribution >= 4 is 107 Å². The van der Waals surface area contributed by atoms with Gasteiger partial charge in [-0.25, -0.2) is 9.97 Å². The van der Waals surface area contributed by atoms with Gasteiger partial charge in [-0.15, -0.1) is 11.3 Å². The molecule has 0 fully saturated rings. The molecular formula is C48H27N3S. The van der Waals surface area contributed by atoms with Crippen molar-refractivity contribution in [1.29, 1.82) is 0 Å². The molecule has 0 aliphatic rings. The minimum Gasteiger partial charge on any atom is -0.290 e. The van der Waals surface area contributed by atoms with Crippen molar-refractivity contribution in [2.45, 2.75) is 0 Å². The highest BCUT2D eigenvalue weighted by atomic mass is 32.1. The van der Waals surface area contributed by atoms with Crippen LogP contribution in [0.1, 0.15) is 0 Å². The van der Waals surface area contributed by atoms with Crippen molar-refractivity contribution < 1.29 is 0 Å². The third kappa shape index (κ3) is 3.74. The monoisotopic (exact) mass is 677 g/mol. The van der Waals surface area contributed by atoms with E-state index in [4.69, 9.17) is 9.97 Å². The Hall–Kier alpha value is -6.62. The first kappa shape index (κ1) is 28.1. The molecule has 0 bridgehead atoms. The number of nitrogens with zero attached hydrogens (tertiary/aromatic N) is 3. The summed E-state index contributed by atoms with van der Waals surface area (Å²) in [5.41, 5.74) is 6.02. The Morgan fingerprint density at radius 2 is 1.02 bits per heavy atom. The fraction of sp³-hybridized carbons (Fsp3) is 0. The summed E-state index contributed by atoms with van der Waals surface area (Å²) in [6, 6.07) is 59.1. The van der Waals surface area contributed by atoms with Gasteiger partial charge >= 0.3 is 0 Å². The molecule has 0 saturated carbocycles. The second kappa shape index (κ2) is 10.5. The molecular weight excluding hydrogens is 651 g/mol. The first-order chi connectivity index (χ1) is 25.8. The molecule has 9 aromatic carbocycles. The number of hydrogen-bond donors (Lipinski definition) is 0. The minimum absolute atomic E-state index is 0.838. The number of fused-ring (bicyclic) bond motifs is 16. The Morgan fingerprint density at radius 3 is 1.83 bits per heavy atom. The van der Waals surface area contributed by atoms with Crippen molar-refractivity contribution in [2.75, 3.05) is 0 Å². The summed E-state index contributed by atoms with van der Waals surface area (Å²) in [5.74, 6) is 0.838. The van der Waals surface area contributed by atoms with Crippen LogP contribution in [0.15, 0.2) is 164 Å². The van der Waals surface area contributed by atoms with E-state index < -0.39 is 0 Å². The van der Waals surface area contributed by atoms with Crippen molar-refractivity contribution in [3.05, 3.63) is 164 Å². The average molecular weight is 678 g/mol. The lowest BCUT2D eigenvalue weighted by molar-refractivity contribution is 1.09. The molecule has 0 aliphatic heterocycles. The molecule has 0 aliphatic carbocycles. The van der Waals surface area contributed by atoms with Gasteiger partial charge in [0.25, 0.3) is 0 Å². The quantitative estimate of drug-likeness (QED) is 0.171. The maximum absolute atomic E-state index is 5.73. The largest absolute Gasteiger partial charge is 0.290 e. The maximum Gasteiger partial charge on any atom is 0.165 e. The van der Waals surface area contributed by atoms with E-state index in [1.54, 1.807) is 0 Å². The molecule has 240 valence electrons. The van der Waals surface area contributed by atoms with E-state index in [-0.39, 0.29) is 0 Å². The van der Waals surface area contributed by atoms with E-state index in [0.29, 0.717) is 0 Å². The molecule has 0 unspecified atom stereocenters. The van der Waals surface area contributed by atoms with Crippen LogP contribution in [0.4, 0.5) is 0 Å². The van der Waals surface area contributed by atoms with Gasteiger partial charge in [0.2, 0.25) is 0 Å². The van der Waals surface area contributed by atoms with E-state index >= 15 is 0 Å². The molecule has 3 aromatic heterocycles. The zero-order valence-electron chi connectivity index (χ0n) is 27.8. The second-order valence-corrected chi connectivity index (χ2v) is 14.7. The van der Waals surface area contributed by atoms with Crippen molar-refractivity contribution in [3.63, 3.8) is 0 Å². The van der Waals surface area contributed by atoms with Gasteiger partial charge in [-0.05, 0) is 55.9 Å². The molecule has 0 amide bonds. The van der Waals surface area contributed by atoms with Crippen LogP contribution >= 0.6 is 11.3 Å². The molecule has 3 heterocycles. The van der Waals surface area contributed by atoms with E-state index in [2.05, 4.69) is 168 Å². The summed E-state index contributed by atoms with van der Waals surface area (Å²) < 4.78 is 4.98. The van der Waals surface area contributed by atoms with Crippen LogP contribution in [-0.2, 0) is 0 Å². The number of hydrogen-bond acceptors (Lipinski definition) is 3. The normalized spacial score (nSPS) is 12.2. The topological polar surface area (TPSA) is 30.7 Å². The minimum atomic E-state index is 0.838. The van der Waals surface area contributed by atoms with E-state index in [0.717, 1.165) is 49.8 Å². The van der Waals surface area contributed by atoms with Crippen LogP contribution in [0.2, 0.25) is 0 Å². The van der Waals surface area contributed by atoms with Gasteiger partial charge in [-0.2, -0.15) is 0 Å². The molecule has 0 N–H and O–H groups in total. The lowest BCUT2D eigenvalue weighted by Gasteiger charge is -2.16. The molecule has 0 atom stereocenters. The van der Waals surface area contributed by atoms with E-state index in [9.17, 15) is 0 Å². The lowest BCUT2D eigenvalue weighted by atomic mass is 9.96. The van der Waals surface area contributed by atoms with Crippen LogP contribution in [-0.4, -0.2) is 14.5 Å². The summed E-state index contributed by atoms with van der Waals surface area (Å²) in [6.07, 6.45) is 0. The third-order valence-corrected chi connectivity index (χ3v) is 12.1. The highest BCUT2D eigenvalue weighted by molar-refractivity contribution is 7.27. The van der Waals surface area contributed by atoms with Gasteiger partial charge in [0, 0.05) is 37.2 Å². The summed E-state index contributed by atoms with van der Waals surface area (Å²) in [4.78, 5) is 11.3. The van der Waals surface area contributed by atoms with Gasteiger partial charge in [0.1, 0.15) is 5.69 Å². The van der Waals surface area contributed by atoms with Crippen molar-refractivity contribution in [3.8, 4) is 17.1 Å². The number of rotatable bonds is 2. The first-order valence-electron chi connectivity index (χ1n) is 17.7. The van der Waals surface area contributed by atoms with E-state index in [1.165, 1.54) is 63.4 Å².